The van der Waals surface area contributed by atoms with Crippen LogP contribution in [0.15, 0.2) is 0 Å². The lowest BCUT2D eigenvalue weighted by atomic mass is 10.0. The van der Waals surface area contributed by atoms with Gasteiger partial charge in [-0.3, -0.25) is 0 Å². The fourth-order valence-corrected chi connectivity index (χ4v) is 1.61. The summed E-state index contributed by atoms with van der Waals surface area (Å²) >= 11 is 0. The summed E-state index contributed by atoms with van der Waals surface area (Å²) in [6.07, 6.45) is 2.34. The normalized spacial score (nSPS) is 27.2. The topological polar surface area (TPSA) is 53.2 Å². The Kier molecular flexibility index (Phi) is 3.54. The molecule has 0 saturated carbocycles. The minimum atomic E-state index is -0.0718. The second kappa shape index (κ2) is 4.46. The number of hydrogen-bond acceptors (Lipinski definition) is 2. The Hall–Kier alpha value is -0.770. The fourth-order valence-electron chi connectivity index (χ4n) is 1.61. The lowest BCUT2D eigenvalue weighted by molar-refractivity contribution is 0.237. The van der Waals surface area contributed by atoms with Gasteiger partial charge in [0.15, 0.2) is 0 Å². The van der Waals surface area contributed by atoms with Crippen molar-refractivity contribution in [2.45, 2.75) is 32.2 Å². The molecule has 1 unspecified atom stereocenters. The van der Waals surface area contributed by atoms with Gasteiger partial charge in [-0.05, 0) is 33.2 Å². The molecule has 0 spiro atoms. The van der Waals surface area contributed by atoms with Crippen molar-refractivity contribution in [2.75, 3.05) is 19.6 Å². The molecule has 0 aromatic carbocycles. The molecule has 1 rings (SSSR count). The third-order valence-corrected chi connectivity index (χ3v) is 2.43. The maximum Gasteiger partial charge on any atom is 0.314 e. The van der Waals surface area contributed by atoms with Crippen molar-refractivity contribution in [2.24, 2.45) is 0 Å². The van der Waals surface area contributed by atoms with E-state index < -0.39 is 0 Å². The van der Waals surface area contributed by atoms with E-state index in [1.807, 2.05) is 6.92 Å². The van der Waals surface area contributed by atoms with Crippen molar-refractivity contribution >= 4 is 6.03 Å². The molecule has 0 bridgehead atoms. The summed E-state index contributed by atoms with van der Waals surface area (Å²) in [5.74, 6) is 0. The number of amides is 2. The minimum Gasteiger partial charge on any atom is -0.338 e. The first-order valence-corrected chi connectivity index (χ1v) is 4.93. The fraction of sp³-hybridized carbons (Fsp3) is 0.889. The highest BCUT2D eigenvalue weighted by Gasteiger charge is 2.27. The Balaban J connectivity index is 2.21. The Morgan fingerprint density at radius 1 is 1.54 bits per heavy atom. The highest BCUT2D eigenvalue weighted by Crippen LogP contribution is 2.16. The Labute approximate surface area is 79.5 Å². The van der Waals surface area contributed by atoms with Gasteiger partial charge in [0.1, 0.15) is 0 Å². The number of nitrogens with one attached hydrogen (secondary N) is 3. The average Bonchev–Trinajstić information content (AvgIpc) is 2.51. The van der Waals surface area contributed by atoms with Gasteiger partial charge in [-0.25, -0.2) is 4.79 Å². The van der Waals surface area contributed by atoms with Crippen LogP contribution in [0.25, 0.3) is 0 Å². The first kappa shape index (κ1) is 10.3. The van der Waals surface area contributed by atoms with Gasteiger partial charge in [0, 0.05) is 18.6 Å². The van der Waals surface area contributed by atoms with E-state index in [0.717, 1.165) is 13.0 Å². The van der Waals surface area contributed by atoms with Crippen molar-refractivity contribution in [3.63, 3.8) is 0 Å². The largest absolute Gasteiger partial charge is 0.338 e. The molecule has 1 aliphatic rings. The van der Waals surface area contributed by atoms with Crippen LogP contribution in [0, 0.1) is 0 Å². The van der Waals surface area contributed by atoms with E-state index in [0.29, 0.717) is 13.1 Å². The van der Waals surface area contributed by atoms with E-state index in [1.54, 1.807) is 0 Å². The molecule has 76 valence electrons. The van der Waals surface area contributed by atoms with Gasteiger partial charge in [-0.15, -0.1) is 0 Å². The minimum absolute atomic E-state index is 0.0718. The van der Waals surface area contributed by atoms with E-state index in [1.165, 1.54) is 6.42 Å². The van der Waals surface area contributed by atoms with Crippen molar-refractivity contribution in [1.82, 2.24) is 16.0 Å². The molecule has 1 fully saturated rings. The van der Waals surface area contributed by atoms with Crippen molar-refractivity contribution in [1.29, 1.82) is 0 Å². The molecule has 2 amide bonds. The molecule has 1 atom stereocenters. The number of carbonyl (C=O) groups excluding carboxylic acids is 1. The van der Waals surface area contributed by atoms with E-state index in [-0.39, 0.29) is 11.6 Å². The summed E-state index contributed by atoms with van der Waals surface area (Å²) in [5.41, 5.74) is 0.102. The summed E-state index contributed by atoms with van der Waals surface area (Å²) in [6, 6.07) is -0.0718. The summed E-state index contributed by atoms with van der Waals surface area (Å²) in [4.78, 5) is 11.1. The lowest BCUT2D eigenvalue weighted by Gasteiger charge is -2.24. The summed E-state index contributed by atoms with van der Waals surface area (Å²) in [6.45, 7) is 6.50. The van der Waals surface area contributed by atoms with E-state index in [9.17, 15) is 4.79 Å². The number of rotatable bonds is 3. The molecule has 0 aromatic heterocycles. The Morgan fingerprint density at radius 2 is 2.31 bits per heavy atom. The highest BCUT2D eigenvalue weighted by molar-refractivity contribution is 5.73. The van der Waals surface area contributed by atoms with Crippen LogP contribution < -0.4 is 16.0 Å². The number of hydrogen-bond donors (Lipinski definition) is 3. The zero-order valence-electron chi connectivity index (χ0n) is 8.44. The zero-order valence-corrected chi connectivity index (χ0v) is 8.44. The second-order valence-corrected chi connectivity index (χ2v) is 3.80. The standard InChI is InChI=1S/C9H19N3O/c1-3-10-8(13)11-7-9(2)5-4-6-12-9/h12H,3-7H2,1-2H3,(H2,10,11,13). The van der Waals surface area contributed by atoms with Crippen LogP contribution in [0.2, 0.25) is 0 Å². The Morgan fingerprint density at radius 3 is 2.85 bits per heavy atom. The van der Waals surface area contributed by atoms with Gasteiger partial charge in [-0.2, -0.15) is 0 Å². The molecular formula is C9H19N3O. The summed E-state index contributed by atoms with van der Waals surface area (Å²) < 4.78 is 0. The molecular weight excluding hydrogens is 166 g/mol. The van der Waals surface area contributed by atoms with Crippen molar-refractivity contribution in [3.05, 3.63) is 0 Å². The molecule has 0 aliphatic carbocycles. The second-order valence-electron chi connectivity index (χ2n) is 3.80. The number of carbonyl (C=O) groups is 1. The third kappa shape index (κ3) is 3.22. The SMILES string of the molecule is CCNC(=O)NCC1(C)CCCN1. The maximum absolute atomic E-state index is 11.1. The van der Waals surface area contributed by atoms with Crippen molar-refractivity contribution in [3.8, 4) is 0 Å². The first-order chi connectivity index (χ1) is 6.16. The molecule has 0 aromatic rings. The predicted octanol–water partition coefficient (Wildman–Crippen LogP) is 0.448. The maximum atomic E-state index is 11.1. The van der Waals surface area contributed by atoms with Gasteiger partial charge >= 0.3 is 6.03 Å². The predicted molar refractivity (Wildman–Crippen MR) is 52.7 cm³/mol. The van der Waals surface area contributed by atoms with Crippen LogP contribution >= 0.6 is 0 Å². The quantitative estimate of drug-likeness (QED) is 0.598. The van der Waals surface area contributed by atoms with Gasteiger partial charge in [0.05, 0.1) is 0 Å². The van der Waals surface area contributed by atoms with E-state index >= 15 is 0 Å². The third-order valence-electron chi connectivity index (χ3n) is 2.43. The van der Waals surface area contributed by atoms with E-state index in [4.69, 9.17) is 0 Å². The van der Waals surface area contributed by atoms with Crippen LogP contribution in [-0.4, -0.2) is 31.2 Å². The molecule has 1 saturated heterocycles. The lowest BCUT2D eigenvalue weighted by Crippen LogP contribution is -2.49. The van der Waals surface area contributed by atoms with Crippen LogP contribution in [0.4, 0.5) is 4.79 Å². The summed E-state index contributed by atoms with van der Waals surface area (Å²) in [5, 5.41) is 8.95. The molecule has 0 radical (unpaired) electrons. The molecule has 4 nitrogen and oxygen atoms in total. The first-order valence-electron chi connectivity index (χ1n) is 4.93. The van der Waals surface area contributed by atoms with Crippen LogP contribution in [0.5, 0.6) is 0 Å². The van der Waals surface area contributed by atoms with Crippen molar-refractivity contribution < 1.29 is 4.79 Å². The number of urea groups is 1. The highest BCUT2D eigenvalue weighted by atomic mass is 16.2. The van der Waals surface area contributed by atoms with Crippen LogP contribution in [-0.2, 0) is 0 Å². The zero-order chi connectivity index (χ0) is 9.73. The van der Waals surface area contributed by atoms with Crippen LogP contribution in [0.1, 0.15) is 26.7 Å². The van der Waals surface area contributed by atoms with Gasteiger partial charge < -0.3 is 16.0 Å². The van der Waals surface area contributed by atoms with Gasteiger partial charge in [-0.1, -0.05) is 0 Å². The van der Waals surface area contributed by atoms with Gasteiger partial charge in [0.2, 0.25) is 0 Å². The summed E-state index contributed by atoms with van der Waals surface area (Å²) in [7, 11) is 0. The molecule has 13 heavy (non-hydrogen) atoms. The monoisotopic (exact) mass is 185 g/mol. The average molecular weight is 185 g/mol. The van der Waals surface area contributed by atoms with Crippen LogP contribution in [0.3, 0.4) is 0 Å². The molecule has 1 aliphatic heterocycles. The Bertz CT molecular complexity index is 176. The smallest absolute Gasteiger partial charge is 0.314 e. The molecule has 3 N–H and O–H groups in total. The van der Waals surface area contributed by atoms with E-state index in [2.05, 4.69) is 22.9 Å². The molecule has 4 heteroatoms. The van der Waals surface area contributed by atoms with Gasteiger partial charge in [0.25, 0.3) is 0 Å². The molecule has 1 heterocycles.